The molecule has 6 heteroatoms. The van der Waals surface area contributed by atoms with Gasteiger partial charge in [-0.15, -0.1) is 0 Å². The van der Waals surface area contributed by atoms with E-state index in [1.807, 2.05) is 31.2 Å². The van der Waals surface area contributed by atoms with Gasteiger partial charge < -0.3 is 10.3 Å². The van der Waals surface area contributed by atoms with E-state index in [9.17, 15) is 4.79 Å². The van der Waals surface area contributed by atoms with E-state index in [-0.39, 0.29) is 5.56 Å². The molecule has 0 aliphatic carbocycles. The van der Waals surface area contributed by atoms with Crippen LogP contribution in [0.3, 0.4) is 0 Å². The lowest BCUT2D eigenvalue weighted by atomic mass is 10.1. The van der Waals surface area contributed by atoms with E-state index in [2.05, 4.69) is 39.1 Å². The predicted molar refractivity (Wildman–Crippen MR) is 95.4 cm³/mol. The van der Waals surface area contributed by atoms with Crippen LogP contribution in [0.5, 0.6) is 0 Å². The first-order chi connectivity index (χ1) is 11.5. The number of rotatable bonds is 5. The first kappa shape index (κ1) is 16.1. The minimum Gasteiger partial charge on any atom is -0.370 e. The number of hydrogen-bond donors (Lipinski definition) is 2. The van der Waals surface area contributed by atoms with Crippen LogP contribution in [0.4, 0.5) is 5.82 Å². The molecule has 0 saturated heterocycles. The molecule has 3 aromatic rings. The molecule has 124 valence electrons. The molecule has 6 nitrogen and oxygen atoms in total. The van der Waals surface area contributed by atoms with Gasteiger partial charge in [0.25, 0.3) is 5.56 Å². The SMILES string of the molecule is Cc1nc(NCCc2nc3ccccc3c(=O)[nH]2)cc(C(C)C)n1. The molecule has 2 N–H and O–H groups in total. The number of nitrogens with one attached hydrogen (secondary N) is 2. The molecule has 24 heavy (non-hydrogen) atoms. The third kappa shape index (κ3) is 3.59. The highest BCUT2D eigenvalue weighted by Crippen LogP contribution is 2.15. The van der Waals surface area contributed by atoms with Crippen molar-refractivity contribution in [3.05, 3.63) is 58.0 Å². The van der Waals surface area contributed by atoms with Gasteiger partial charge >= 0.3 is 0 Å². The fourth-order valence-corrected chi connectivity index (χ4v) is 2.54. The zero-order valence-electron chi connectivity index (χ0n) is 14.1. The number of aryl methyl sites for hydroxylation is 1. The van der Waals surface area contributed by atoms with Gasteiger partial charge in [0.2, 0.25) is 0 Å². The minimum absolute atomic E-state index is 0.101. The first-order valence-corrected chi connectivity index (χ1v) is 8.10. The Labute approximate surface area is 140 Å². The van der Waals surface area contributed by atoms with Crippen molar-refractivity contribution in [2.45, 2.75) is 33.1 Å². The summed E-state index contributed by atoms with van der Waals surface area (Å²) in [6.07, 6.45) is 0.611. The van der Waals surface area contributed by atoms with E-state index in [1.54, 1.807) is 6.07 Å². The van der Waals surface area contributed by atoms with Crippen molar-refractivity contribution in [3.8, 4) is 0 Å². The van der Waals surface area contributed by atoms with Crippen LogP contribution < -0.4 is 10.9 Å². The van der Waals surface area contributed by atoms with Gasteiger partial charge in [0.1, 0.15) is 17.5 Å². The van der Waals surface area contributed by atoms with Gasteiger partial charge in [0.15, 0.2) is 0 Å². The Kier molecular flexibility index (Phi) is 4.55. The molecule has 1 aromatic carbocycles. The van der Waals surface area contributed by atoms with Gasteiger partial charge in [-0.25, -0.2) is 15.0 Å². The zero-order valence-corrected chi connectivity index (χ0v) is 14.1. The molecular weight excluding hydrogens is 302 g/mol. The zero-order chi connectivity index (χ0) is 17.1. The van der Waals surface area contributed by atoms with Gasteiger partial charge in [0.05, 0.1) is 10.9 Å². The number of para-hydroxylation sites is 1. The molecule has 0 bridgehead atoms. The largest absolute Gasteiger partial charge is 0.370 e. The van der Waals surface area contributed by atoms with Crippen LogP contribution in [0.2, 0.25) is 0 Å². The summed E-state index contributed by atoms with van der Waals surface area (Å²) in [5, 5.41) is 3.90. The van der Waals surface area contributed by atoms with Crippen molar-refractivity contribution in [2.75, 3.05) is 11.9 Å². The number of aromatic nitrogens is 4. The van der Waals surface area contributed by atoms with Crippen molar-refractivity contribution in [3.63, 3.8) is 0 Å². The Hall–Kier alpha value is -2.76. The fourth-order valence-electron chi connectivity index (χ4n) is 2.54. The van der Waals surface area contributed by atoms with Crippen LogP contribution in [0.1, 0.15) is 37.1 Å². The molecule has 0 radical (unpaired) electrons. The number of hydrogen-bond acceptors (Lipinski definition) is 5. The van der Waals surface area contributed by atoms with Crippen LogP contribution in [0.25, 0.3) is 10.9 Å². The number of nitrogens with zero attached hydrogens (tertiary/aromatic N) is 3. The van der Waals surface area contributed by atoms with Crippen molar-refractivity contribution in [1.82, 2.24) is 19.9 Å². The third-order valence-electron chi connectivity index (χ3n) is 3.78. The number of aromatic amines is 1. The first-order valence-electron chi connectivity index (χ1n) is 8.10. The van der Waals surface area contributed by atoms with Gasteiger partial charge in [-0.05, 0) is 25.0 Å². The summed E-state index contributed by atoms with van der Waals surface area (Å²) in [5.41, 5.74) is 1.63. The van der Waals surface area contributed by atoms with E-state index in [0.29, 0.717) is 30.1 Å². The summed E-state index contributed by atoms with van der Waals surface area (Å²) in [6.45, 7) is 6.74. The Morgan fingerprint density at radius 1 is 1.17 bits per heavy atom. The summed E-state index contributed by atoms with van der Waals surface area (Å²) in [5.74, 6) is 2.57. The molecule has 0 saturated carbocycles. The summed E-state index contributed by atoms with van der Waals surface area (Å²) >= 11 is 0. The Bertz CT molecular complexity index is 917. The normalized spacial score (nSPS) is 11.2. The quantitative estimate of drug-likeness (QED) is 0.754. The molecule has 3 rings (SSSR count). The second-order valence-electron chi connectivity index (χ2n) is 6.09. The minimum atomic E-state index is -0.101. The van der Waals surface area contributed by atoms with E-state index < -0.39 is 0 Å². The molecule has 2 aromatic heterocycles. The summed E-state index contributed by atoms with van der Waals surface area (Å²) in [6, 6.07) is 9.32. The van der Waals surface area contributed by atoms with Crippen LogP contribution in [0.15, 0.2) is 35.1 Å². The number of benzene rings is 1. The molecule has 2 heterocycles. The summed E-state index contributed by atoms with van der Waals surface area (Å²) in [4.78, 5) is 28.2. The molecule has 0 atom stereocenters. The molecule has 0 amide bonds. The van der Waals surface area contributed by atoms with E-state index in [0.717, 1.165) is 22.9 Å². The number of anilines is 1. The maximum absolute atomic E-state index is 12.1. The lowest BCUT2D eigenvalue weighted by Gasteiger charge is -2.10. The standard InChI is InChI=1S/C18H21N5O/c1-11(2)15-10-17(21-12(3)20-15)19-9-8-16-22-14-7-5-4-6-13(14)18(24)23-16/h4-7,10-11H,8-9H2,1-3H3,(H,19,20,21)(H,22,23,24). The molecule has 0 unspecified atom stereocenters. The predicted octanol–water partition coefficient (Wildman–Crippen LogP) is 2.80. The van der Waals surface area contributed by atoms with Crippen molar-refractivity contribution in [2.24, 2.45) is 0 Å². The van der Waals surface area contributed by atoms with Gasteiger partial charge in [-0.3, -0.25) is 4.79 Å². The van der Waals surface area contributed by atoms with Crippen LogP contribution in [0, 0.1) is 6.92 Å². The maximum atomic E-state index is 12.1. The topological polar surface area (TPSA) is 83.6 Å². The van der Waals surface area contributed by atoms with Crippen LogP contribution in [-0.4, -0.2) is 26.5 Å². The average Bonchev–Trinajstić information content (AvgIpc) is 2.54. The Morgan fingerprint density at radius 2 is 1.96 bits per heavy atom. The molecule has 0 aliphatic rings. The molecule has 0 fully saturated rings. The maximum Gasteiger partial charge on any atom is 0.258 e. The van der Waals surface area contributed by atoms with Crippen LogP contribution >= 0.6 is 0 Å². The van der Waals surface area contributed by atoms with Crippen molar-refractivity contribution >= 4 is 16.7 Å². The third-order valence-corrected chi connectivity index (χ3v) is 3.78. The highest BCUT2D eigenvalue weighted by atomic mass is 16.1. The Morgan fingerprint density at radius 3 is 2.75 bits per heavy atom. The second-order valence-corrected chi connectivity index (χ2v) is 6.09. The molecule has 0 aliphatic heterocycles. The lowest BCUT2D eigenvalue weighted by molar-refractivity contribution is 0.800. The van der Waals surface area contributed by atoms with E-state index >= 15 is 0 Å². The van der Waals surface area contributed by atoms with Crippen molar-refractivity contribution in [1.29, 1.82) is 0 Å². The lowest BCUT2D eigenvalue weighted by Crippen LogP contribution is -2.15. The number of H-pyrrole nitrogens is 1. The highest BCUT2D eigenvalue weighted by molar-refractivity contribution is 5.77. The van der Waals surface area contributed by atoms with E-state index in [4.69, 9.17) is 0 Å². The van der Waals surface area contributed by atoms with E-state index in [1.165, 1.54) is 0 Å². The smallest absolute Gasteiger partial charge is 0.258 e. The Balaban J connectivity index is 1.72. The van der Waals surface area contributed by atoms with Crippen molar-refractivity contribution < 1.29 is 0 Å². The average molecular weight is 323 g/mol. The fraction of sp³-hybridized carbons (Fsp3) is 0.333. The highest BCUT2D eigenvalue weighted by Gasteiger charge is 2.06. The van der Waals surface area contributed by atoms with Gasteiger partial charge in [0, 0.05) is 24.7 Å². The number of fused-ring (bicyclic) bond motifs is 1. The van der Waals surface area contributed by atoms with Crippen LogP contribution in [-0.2, 0) is 6.42 Å². The van der Waals surface area contributed by atoms with Gasteiger partial charge in [-0.1, -0.05) is 26.0 Å². The summed E-state index contributed by atoms with van der Waals surface area (Å²) < 4.78 is 0. The summed E-state index contributed by atoms with van der Waals surface area (Å²) in [7, 11) is 0. The molecular formula is C18H21N5O. The molecule has 0 spiro atoms. The monoisotopic (exact) mass is 323 g/mol. The van der Waals surface area contributed by atoms with Gasteiger partial charge in [-0.2, -0.15) is 0 Å². The second kappa shape index (κ2) is 6.78.